The highest BCUT2D eigenvalue weighted by molar-refractivity contribution is 7.99. The molecule has 0 aliphatic heterocycles. The second kappa shape index (κ2) is 11.4. The van der Waals surface area contributed by atoms with E-state index in [9.17, 15) is 4.79 Å². The summed E-state index contributed by atoms with van der Waals surface area (Å²) in [5.74, 6) is 0.565. The van der Waals surface area contributed by atoms with Crippen LogP contribution in [0.2, 0.25) is 5.02 Å². The van der Waals surface area contributed by atoms with Crippen molar-refractivity contribution < 1.29 is 4.79 Å². The van der Waals surface area contributed by atoms with Crippen molar-refractivity contribution in [3.63, 3.8) is 0 Å². The summed E-state index contributed by atoms with van der Waals surface area (Å²) in [4.78, 5) is 12.7. The number of fused-ring (bicyclic) bond motifs is 3. The number of thioether (sulfide) groups is 1. The molecule has 0 fully saturated rings. The van der Waals surface area contributed by atoms with Crippen molar-refractivity contribution in [3.05, 3.63) is 108 Å². The zero-order chi connectivity index (χ0) is 27.5. The van der Waals surface area contributed by atoms with Crippen molar-refractivity contribution in [2.24, 2.45) is 5.10 Å². The molecule has 40 heavy (non-hydrogen) atoms. The molecule has 0 saturated heterocycles. The van der Waals surface area contributed by atoms with Crippen LogP contribution in [-0.4, -0.2) is 37.2 Å². The normalized spacial score (nSPS) is 11.6. The summed E-state index contributed by atoms with van der Waals surface area (Å²) < 4.78 is 4.24. The van der Waals surface area contributed by atoms with Crippen LogP contribution >= 0.6 is 23.4 Å². The molecule has 1 N–H and O–H groups in total. The minimum Gasteiger partial charge on any atom is -0.341 e. The SMILES string of the molecule is CCn1c2ccccc2c2cc(/C=N/NC(=O)CSc3nnc(-c4ccc(Cl)cc4)n3-c3ccccc3)ccc21. The van der Waals surface area contributed by atoms with Crippen LogP contribution in [0.1, 0.15) is 12.5 Å². The summed E-state index contributed by atoms with van der Waals surface area (Å²) >= 11 is 7.38. The number of hydrogen-bond acceptors (Lipinski definition) is 5. The Balaban J connectivity index is 1.17. The molecule has 6 rings (SSSR count). The number of carbonyl (C=O) groups excluding carboxylic acids is 1. The average molecular weight is 565 g/mol. The maximum atomic E-state index is 12.7. The first-order valence-electron chi connectivity index (χ1n) is 12.8. The Morgan fingerprint density at radius 2 is 1.68 bits per heavy atom. The van der Waals surface area contributed by atoms with Gasteiger partial charge in [0.25, 0.3) is 5.91 Å². The molecular weight excluding hydrogens is 540 g/mol. The lowest BCUT2D eigenvalue weighted by Crippen LogP contribution is -2.20. The lowest BCUT2D eigenvalue weighted by atomic mass is 10.1. The molecule has 2 heterocycles. The standard InChI is InChI=1S/C31H25ClN6OS/c1-2-37-27-11-7-6-10-25(27)26-18-21(12-17-28(26)37)19-33-34-29(39)20-40-31-36-35-30(22-13-15-23(32)16-14-22)38(31)24-8-4-3-5-9-24/h3-19H,2,20H2,1H3,(H,34,39)/b33-19+. The number of benzene rings is 4. The third-order valence-electron chi connectivity index (χ3n) is 6.60. The number of carbonyl (C=O) groups is 1. The first-order chi connectivity index (χ1) is 19.6. The number of aryl methyl sites for hydroxylation is 1. The maximum Gasteiger partial charge on any atom is 0.250 e. The Kier molecular flexibility index (Phi) is 7.35. The van der Waals surface area contributed by atoms with Crippen molar-refractivity contribution in [2.45, 2.75) is 18.6 Å². The number of rotatable bonds is 8. The summed E-state index contributed by atoms with van der Waals surface area (Å²) in [7, 11) is 0. The third kappa shape index (κ3) is 5.11. The molecule has 0 saturated carbocycles. The molecule has 4 aromatic carbocycles. The van der Waals surface area contributed by atoms with Crippen molar-refractivity contribution in [3.8, 4) is 17.1 Å². The summed E-state index contributed by atoms with van der Waals surface area (Å²) in [6.07, 6.45) is 1.67. The number of nitrogens with one attached hydrogen (secondary N) is 1. The Labute approximate surface area is 240 Å². The predicted molar refractivity (Wildman–Crippen MR) is 163 cm³/mol. The summed E-state index contributed by atoms with van der Waals surface area (Å²) in [6.45, 7) is 3.04. The molecule has 0 bridgehead atoms. The van der Waals surface area contributed by atoms with Gasteiger partial charge in [0.05, 0.1) is 12.0 Å². The average Bonchev–Trinajstić information content (AvgIpc) is 3.56. The number of halogens is 1. The number of hydrazone groups is 1. The fourth-order valence-electron chi connectivity index (χ4n) is 4.79. The van der Waals surface area contributed by atoms with Crippen LogP contribution in [0.4, 0.5) is 0 Å². The molecule has 6 aromatic rings. The summed E-state index contributed by atoms with van der Waals surface area (Å²) in [5.41, 5.74) is 7.72. The molecule has 1 amide bonds. The van der Waals surface area contributed by atoms with Crippen LogP contribution in [0.15, 0.2) is 107 Å². The van der Waals surface area contributed by atoms with E-state index in [2.05, 4.69) is 68.6 Å². The molecule has 0 atom stereocenters. The van der Waals surface area contributed by atoms with Gasteiger partial charge in [0.1, 0.15) is 0 Å². The fraction of sp³-hybridized carbons (Fsp3) is 0.0968. The van der Waals surface area contributed by atoms with Gasteiger partial charge >= 0.3 is 0 Å². The Hall–Kier alpha value is -4.40. The predicted octanol–water partition coefficient (Wildman–Crippen LogP) is 6.96. The van der Waals surface area contributed by atoms with Gasteiger partial charge < -0.3 is 4.57 Å². The molecule has 7 nitrogen and oxygen atoms in total. The summed E-state index contributed by atoms with van der Waals surface area (Å²) in [5, 5.41) is 16.6. The molecule has 0 radical (unpaired) electrons. The minimum absolute atomic E-state index is 0.131. The number of hydrogen-bond donors (Lipinski definition) is 1. The van der Waals surface area contributed by atoms with Gasteiger partial charge in [0, 0.05) is 44.6 Å². The number of amides is 1. The fourth-order valence-corrected chi connectivity index (χ4v) is 5.66. The van der Waals surface area contributed by atoms with Gasteiger partial charge in [-0.15, -0.1) is 10.2 Å². The monoisotopic (exact) mass is 564 g/mol. The molecule has 2 aromatic heterocycles. The van der Waals surface area contributed by atoms with Gasteiger partial charge in [0.2, 0.25) is 0 Å². The highest BCUT2D eigenvalue weighted by Gasteiger charge is 2.17. The maximum absolute atomic E-state index is 12.7. The van der Waals surface area contributed by atoms with E-state index in [1.807, 2.05) is 65.2 Å². The van der Waals surface area contributed by atoms with E-state index in [-0.39, 0.29) is 11.7 Å². The largest absolute Gasteiger partial charge is 0.341 e. The van der Waals surface area contributed by atoms with Crippen molar-refractivity contribution in [1.82, 2.24) is 24.8 Å². The van der Waals surface area contributed by atoms with Crippen molar-refractivity contribution >= 4 is 57.3 Å². The Morgan fingerprint density at radius 3 is 2.48 bits per heavy atom. The Bertz CT molecular complexity index is 1840. The van der Waals surface area contributed by atoms with E-state index in [1.54, 1.807) is 6.21 Å². The van der Waals surface area contributed by atoms with Crippen molar-refractivity contribution in [2.75, 3.05) is 5.75 Å². The van der Waals surface area contributed by atoms with E-state index in [4.69, 9.17) is 11.6 Å². The van der Waals surface area contributed by atoms with Gasteiger partial charge in [-0.1, -0.05) is 65.8 Å². The molecule has 0 aliphatic rings. The zero-order valence-corrected chi connectivity index (χ0v) is 23.2. The minimum atomic E-state index is -0.236. The summed E-state index contributed by atoms with van der Waals surface area (Å²) in [6, 6.07) is 31.9. The van der Waals surface area contributed by atoms with Crippen LogP contribution in [0.5, 0.6) is 0 Å². The van der Waals surface area contributed by atoms with Gasteiger partial charge in [-0.2, -0.15) is 5.10 Å². The number of nitrogens with zero attached hydrogens (tertiary/aromatic N) is 5. The van der Waals surface area contributed by atoms with E-state index in [0.29, 0.717) is 16.0 Å². The van der Waals surface area contributed by atoms with Crippen LogP contribution in [0.3, 0.4) is 0 Å². The second-order valence-electron chi connectivity index (χ2n) is 9.10. The van der Waals surface area contributed by atoms with Crippen LogP contribution in [-0.2, 0) is 11.3 Å². The second-order valence-corrected chi connectivity index (χ2v) is 10.5. The lowest BCUT2D eigenvalue weighted by Gasteiger charge is -2.10. The quantitative estimate of drug-likeness (QED) is 0.123. The molecule has 198 valence electrons. The van der Waals surface area contributed by atoms with Crippen molar-refractivity contribution in [1.29, 1.82) is 0 Å². The lowest BCUT2D eigenvalue weighted by molar-refractivity contribution is -0.118. The van der Waals surface area contributed by atoms with Gasteiger partial charge in [-0.3, -0.25) is 9.36 Å². The topological polar surface area (TPSA) is 77.1 Å². The Morgan fingerprint density at radius 1 is 0.925 bits per heavy atom. The van der Waals surface area contributed by atoms with Crippen LogP contribution in [0.25, 0.3) is 38.9 Å². The molecular formula is C31H25ClN6OS. The van der Waals surface area contributed by atoms with Crippen LogP contribution in [0, 0.1) is 0 Å². The van der Waals surface area contributed by atoms with Crippen LogP contribution < -0.4 is 5.43 Å². The number of aromatic nitrogens is 4. The smallest absolute Gasteiger partial charge is 0.250 e. The molecule has 0 spiro atoms. The van der Waals surface area contributed by atoms with E-state index in [0.717, 1.165) is 23.4 Å². The van der Waals surface area contributed by atoms with Gasteiger partial charge in [-0.25, -0.2) is 5.43 Å². The highest BCUT2D eigenvalue weighted by Crippen LogP contribution is 2.30. The van der Waals surface area contributed by atoms with Gasteiger partial charge in [0.15, 0.2) is 11.0 Å². The molecule has 9 heteroatoms. The molecule has 0 unspecified atom stereocenters. The van der Waals surface area contributed by atoms with E-state index < -0.39 is 0 Å². The van der Waals surface area contributed by atoms with E-state index in [1.165, 1.54) is 33.6 Å². The molecule has 0 aliphatic carbocycles. The first kappa shape index (κ1) is 25.9. The highest BCUT2D eigenvalue weighted by atomic mass is 35.5. The van der Waals surface area contributed by atoms with E-state index >= 15 is 0 Å². The third-order valence-corrected chi connectivity index (χ3v) is 7.78. The zero-order valence-electron chi connectivity index (χ0n) is 21.7. The van der Waals surface area contributed by atoms with Gasteiger partial charge in [-0.05, 0) is 67.1 Å². The first-order valence-corrected chi connectivity index (χ1v) is 14.2. The number of para-hydroxylation sites is 2.